The molecule has 1 N–H and O–H groups in total. The Labute approximate surface area is 144 Å². The number of halogens is 2. The second-order valence-corrected chi connectivity index (χ2v) is 5.65. The Morgan fingerprint density at radius 3 is 2.24 bits per heavy atom. The molecule has 0 fully saturated rings. The monoisotopic (exact) mass is 347 g/mol. The number of hydrogen-bond acceptors (Lipinski definition) is 3. The van der Waals surface area contributed by atoms with Crippen LogP contribution in [-0.2, 0) is 9.53 Å². The predicted octanol–water partition coefficient (Wildman–Crippen LogP) is 4.27. The Kier molecular flexibility index (Phi) is 6.22. The Morgan fingerprint density at radius 2 is 1.68 bits per heavy atom. The molecule has 0 aliphatic heterocycles. The van der Waals surface area contributed by atoms with Gasteiger partial charge >= 0.3 is 5.97 Å². The summed E-state index contributed by atoms with van der Waals surface area (Å²) in [5.41, 5.74) is 0.889. The van der Waals surface area contributed by atoms with Crippen molar-refractivity contribution >= 4 is 17.6 Å². The maximum atomic E-state index is 13.5. The summed E-state index contributed by atoms with van der Waals surface area (Å²) in [6.07, 6.45) is 1.01. The summed E-state index contributed by atoms with van der Waals surface area (Å²) in [5.74, 6) is -3.47. The SMILES string of the molecule is CC[C@H](C)c1ccc(NC(=O)COC(=O)c2c(F)cccc2F)cc1. The highest BCUT2D eigenvalue weighted by atomic mass is 19.1. The van der Waals surface area contributed by atoms with Crippen LogP contribution >= 0.6 is 0 Å². The Balaban J connectivity index is 1.91. The minimum atomic E-state index is -1.22. The maximum absolute atomic E-state index is 13.5. The van der Waals surface area contributed by atoms with E-state index in [4.69, 9.17) is 0 Å². The first-order chi connectivity index (χ1) is 11.9. The highest BCUT2D eigenvalue weighted by Crippen LogP contribution is 2.20. The summed E-state index contributed by atoms with van der Waals surface area (Å²) in [7, 11) is 0. The van der Waals surface area contributed by atoms with Crippen LogP contribution in [0.4, 0.5) is 14.5 Å². The fraction of sp³-hybridized carbons (Fsp3) is 0.263. The van der Waals surface area contributed by atoms with Crippen LogP contribution in [0.25, 0.3) is 0 Å². The van der Waals surface area contributed by atoms with Gasteiger partial charge in [-0.2, -0.15) is 0 Å². The van der Waals surface area contributed by atoms with E-state index >= 15 is 0 Å². The van der Waals surface area contributed by atoms with Gasteiger partial charge in [0.15, 0.2) is 6.61 Å². The smallest absolute Gasteiger partial charge is 0.344 e. The van der Waals surface area contributed by atoms with Crippen molar-refractivity contribution in [2.75, 3.05) is 11.9 Å². The number of carbonyl (C=O) groups is 2. The summed E-state index contributed by atoms with van der Waals surface area (Å²) < 4.78 is 31.6. The van der Waals surface area contributed by atoms with Crippen molar-refractivity contribution in [3.8, 4) is 0 Å². The van der Waals surface area contributed by atoms with Gasteiger partial charge in [-0.1, -0.05) is 32.0 Å². The standard InChI is InChI=1S/C19H19F2NO3/c1-3-12(2)13-7-9-14(10-8-13)22-17(23)11-25-19(24)18-15(20)5-4-6-16(18)21/h4-10,12H,3,11H2,1-2H3,(H,22,23)/t12-/m0/s1. The lowest BCUT2D eigenvalue weighted by atomic mass is 9.99. The molecule has 2 rings (SSSR count). The lowest BCUT2D eigenvalue weighted by molar-refractivity contribution is -0.119. The number of nitrogens with one attached hydrogen (secondary N) is 1. The van der Waals surface area contributed by atoms with Gasteiger partial charge in [0.05, 0.1) is 0 Å². The Morgan fingerprint density at radius 1 is 1.08 bits per heavy atom. The Bertz CT molecular complexity index is 740. The second-order valence-electron chi connectivity index (χ2n) is 5.65. The quantitative estimate of drug-likeness (QED) is 0.794. The second kappa shape index (κ2) is 8.37. The number of esters is 1. The highest BCUT2D eigenvalue weighted by Gasteiger charge is 2.19. The van der Waals surface area contributed by atoms with Gasteiger partial charge in [-0.05, 0) is 42.2 Å². The highest BCUT2D eigenvalue weighted by molar-refractivity contribution is 5.95. The molecular weight excluding hydrogens is 328 g/mol. The van der Waals surface area contributed by atoms with Gasteiger partial charge in [-0.15, -0.1) is 0 Å². The number of carbonyl (C=O) groups excluding carboxylic acids is 2. The lowest BCUT2D eigenvalue weighted by Crippen LogP contribution is -2.22. The summed E-state index contributed by atoms with van der Waals surface area (Å²) in [6, 6.07) is 10.3. The van der Waals surface area contributed by atoms with Gasteiger partial charge < -0.3 is 10.1 Å². The minimum absolute atomic E-state index is 0.418. The molecule has 0 aromatic heterocycles. The fourth-order valence-corrected chi connectivity index (χ4v) is 2.22. The molecule has 1 atom stereocenters. The summed E-state index contributed by atoms with van der Waals surface area (Å²) in [4.78, 5) is 23.5. The molecule has 0 bridgehead atoms. The molecule has 0 heterocycles. The topological polar surface area (TPSA) is 55.4 Å². The van der Waals surface area contributed by atoms with Gasteiger partial charge in [-0.25, -0.2) is 13.6 Å². The normalized spacial score (nSPS) is 11.7. The largest absolute Gasteiger partial charge is 0.452 e. The van der Waals surface area contributed by atoms with E-state index in [9.17, 15) is 18.4 Å². The maximum Gasteiger partial charge on any atom is 0.344 e. The number of benzene rings is 2. The van der Waals surface area contributed by atoms with E-state index in [0.29, 0.717) is 11.6 Å². The van der Waals surface area contributed by atoms with Crippen molar-refractivity contribution in [2.24, 2.45) is 0 Å². The first-order valence-corrected chi connectivity index (χ1v) is 7.93. The van der Waals surface area contributed by atoms with Crippen LogP contribution in [0.2, 0.25) is 0 Å². The molecule has 0 saturated carbocycles. The van der Waals surface area contributed by atoms with Gasteiger partial charge in [0.1, 0.15) is 17.2 Å². The molecule has 0 saturated heterocycles. The molecular formula is C19H19F2NO3. The first-order valence-electron chi connectivity index (χ1n) is 7.93. The van der Waals surface area contributed by atoms with E-state index in [2.05, 4.69) is 23.9 Å². The van der Waals surface area contributed by atoms with E-state index in [1.807, 2.05) is 12.1 Å². The summed E-state index contributed by atoms with van der Waals surface area (Å²) >= 11 is 0. The third-order valence-electron chi connectivity index (χ3n) is 3.88. The average molecular weight is 347 g/mol. The third-order valence-corrected chi connectivity index (χ3v) is 3.88. The van der Waals surface area contributed by atoms with E-state index in [1.54, 1.807) is 12.1 Å². The molecule has 1 amide bonds. The van der Waals surface area contributed by atoms with Crippen LogP contribution in [-0.4, -0.2) is 18.5 Å². The first kappa shape index (κ1) is 18.6. The predicted molar refractivity (Wildman–Crippen MR) is 90.4 cm³/mol. The van der Waals surface area contributed by atoms with Crippen molar-refractivity contribution in [2.45, 2.75) is 26.2 Å². The van der Waals surface area contributed by atoms with Crippen LogP contribution in [0, 0.1) is 11.6 Å². The van der Waals surface area contributed by atoms with E-state index in [1.165, 1.54) is 0 Å². The zero-order valence-corrected chi connectivity index (χ0v) is 14.0. The Hall–Kier alpha value is -2.76. The summed E-state index contributed by atoms with van der Waals surface area (Å²) in [5, 5.41) is 2.56. The van der Waals surface area contributed by atoms with Crippen LogP contribution in [0.3, 0.4) is 0 Å². The number of amides is 1. The van der Waals surface area contributed by atoms with Gasteiger partial charge in [0, 0.05) is 5.69 Å². The van der Waals surface area contributed by atoms with Crippen LogP contribution < -0.4 is 5.32 Å². The summed E-state index contributed by atoms with van der Waals surface area (Å²) in [6.45, 7) is 3.56. The van der Waals surface area contributed by atoms with Gasteiger partial charge in [0.2, 0.25) is 0 Å². The molecule has 2 aromatic rings. The fourth-order valence-electron chi connectivity index (χ4n) is 2.22. The molecule has 0 aliphatic rings. The van der Waals surface area contributed by atoms with Gasteiger partial charge in [0.25, 0.3) is 5.91 Å². The van der Waals surface area contributed by atoms with Gasteiger partial charge in [-0.3, -0.25) is 4.79 Å². The molecule has 25 heavy (non-hydrogen) atoms. The molecule has 0 unspecified atom stereocenters. The van der Waals surface area contributed by atoms with Crippen LogP contribution in [0.5, 0.6) is 0 Å². The number of anilines is 1. The van der Waals surface area contributed by atoms with Crippen LogP contribution in [0.15, 0.2) is 42.5 Å². The molecule has 0 spiro atoms. The molecule has 0 aliphatic carbocycles. The number of ether oxygens (including phenoxy) is 1. The van der Waals surface area contributed by atoms with E-state index < -0.39 is 35.7 Å². The number of rotatable bonds is 6. The minimum Gasteiger partial charge on any atom is -0.452 e. The van der Waals surface area contributed by atoms with Crippen molar-refractivity contribution in [1.29, 1.82) is 0 Å². The van der Waals surface area contributed by atoms with Crippen molar-refractivity contribution in [1.82, 2.24) is 0 Å². The number of hydrogen-bond donors (Lipinski definition) is 1. The van der Waals surface area contributed by atoms with E-state index in [-0.39, 0.29) is 0 Å². The molecule has 0 radical (unpaired) electrons. The van der Waals surface area contributed by atoms with Crippen molar-refractivity contribution < 1.29 is 23.1 Å². The van der Waals surface area contributed by atoms with E-state index in [0.717, 1.165) is 30.2 Å². The zero-order chi connectivity index (χ0) is 18.4. The van der Waals surface area contributed by atoms with Crippen molar-refractivity contribution in [3.63, 3.8) is 0 Å². The van der Waals surface area contributed by atoms with Crippen molar-refractivity contribution in [3.05, 3.63) is 65.2 Å². The zero-order valence-electron chi connectivity index (χ0n) is 14.0. The lowest BCUT2D eigenvalue weighted by Gasteiger charge is -2.11. The molecule has 132 valence electrons. The molecule has 4 nitrogen and oxygen atoms in total. The third kappa shape index (κ3) is 4.86. The molecule has 2 aromatic carbocycles. The van der Waals surface area contributed by atoms with Crippen LogP contribution in [0.1, 0.15) is 42.1 Å². The molecule has 6 heteroatoms. The average Bonchev–Trinajstić information content (AvgIpc) is 2.60.